The second-order valence-corrected chi connectivity index (χ2v) is 7.51. The predicted molar refractivity (Wildman–Crippen MR) is 105 cm³/mol. The van der Waals surface area contributed by atoms with Gasteiger partial charge in [0.15, 0.2) is 11.6 Å². The molecule has 0 unspecified atom stereocenters. The molecule has 1 fully saturated rings. The molecule has 4 rings (SSSR count). The van der Waals surface area contributed by atoms with Crippen molar-refractivity contribution in [2.24, 2.45) is 0 Å². The lowest BCUT2D eigenvalue weighted by Crippen LogP contribution is -2.13. The molecular weight excluding hydrogens is 420 g/mol. The minimum atomic E-state index is -4.58. The van der Waals surface area contributed by atoms with Gasteiger partial charge in [-0.25, -0.2) is 4.39 Å². The van der Waals surface area contributed by atoms with E-state index in [2.05, 4.69) is 9.97 Å². The quantitative estimate of drug-likeness (QED) is 0.412. The van der Waals surface area contributed by atoms with Crippen LogP contribution in [0.25, 0.3) is 11.3 Å². The van der Waals surface area contributed by atoms with Gasteiger partial charge in [0.2, 0.25) is 0 Å². The molecule has 0 aliphatic heterocycles. The zero-order chi connectivity index (χ0) is 21.3. The fourth-order valence-corrected chi connectivity index (χ4v) is 3.74. The summed E-state index contributed by atoms with van der Waals surface area (Å²) in [4.78, 5) is 8.09. The van der Waals surface area contributed by atoms with E-state index in [1.54, 1.807) is 12.1 Å². The van der Waals surface area contributed by atoms with E-state index in [4.69, 9.17) is 16.3 Å². The van der Waals surface area contributed by atoms with Crippen molar-refractivity contribution in [1.29, 1.82) is 0 Å². The maximum atomic E-state index is 15.4. The summed E-state index contributed by atoms with van der Waals surface area (Å²) in [5.41, 5.74) is 0.455. The Kier molecular flexibility index (Phi) is 5.64. The van der Waals surface area contributed by atoms with Crippen LogP contribution in [0.5, 0.6) is 5.75 Å². The predicted octanol–water partition coefficient (Wildman–Crippen LogP) is 6.80. The second-order valence-electron chi connectivity index (χ2n) is 7.13. The highest BCUT2D eigenvalue weighted by atomic mass is 35.5. The number of hydrogen-bond acceptors (Lipinski definition) is 3. The lowest BCUT2D eigenvalue weighted by molar-refractivity contribution is -0.137. The zero-order valence-electron chi connectivity index (χ0n) is 15.7. The van der Waals surface area contributed by atoms with Gasteiger partial charge in [0.05, 0.1) is 22.5 Å². The average Bonchev–Trinajstić information content (AvgIpc) is 2.67. The number of alkyl halides is 3. The van der Waals surface area contributed by atoms with Gasteiger partial charge in [0.25, 0.3) is 0 Å². The van der Waals surface area contributed by atoms with E-state index in [0.717, 1.165) is 25.3 Å². The van der Waals surface area contributed by atoms with Crippen molar-refractivity contribution < 1.29 is 22.3 Å². The summed E-state index contributed by atoms with van der Waals surface area (Å²) in [6.07, 6.45) is 2.65. The molecule has 0 atom stereocenters. The highest BCUT2D eigenvalue weighted by molar-refractivity contribution is 6.32. The van der Waals surface area contributed by atoms with Gasteiger partial charge in [0, 0.05) is 29.1 Å². The maximum Gasteiger partial charge on any atom is 0.417 e. The summed E-state index contributed by atoms with van der Waals surface area (Å²) < 4.78 is 60.5. The molecule has 0 saturated heterocycles. The summed E-state index contributed by atoms with van der Waals surface area (Å²) in [6, 6.07) is 7.02. The SMILES string of the molecule is Fc1c(-c2cnccn2)ccc(C2CCC2)c1OCc1cccc(C(F)(F)F)c1Cl. The van der Waals surface area contributed by atoms with Gasteiger partial charge >= 0.3 is 6.18 Å². The second kappa shape index (κ2) is 8.22. The van der Waals surface area contributed by atoms with Crippen LogP contribution in [-0.4, -0.2) is 9.97 Å². The molecule has 0 bridgehead atoms. The van der Waals surface area contributed by atoms with Gasteiger partial charge in [-0.1, -0.05) is 36.2 Å². The number of aromatic nitrogens is 2. The van der Waals surface area contributed by atoms with E-state index < -0.39 is 22.6 Å². The van der Waals surface area contributed by atoms with Crippen molar-refractivity contribution in [3.8, 4) is 17.0 Å². The third-order valence-electron chi connectivity index (χ3n) is 5.27. The number of benzene rings is 2. The lowest BCUT2D eigenvalue weighted by atomic mass is 9.79. The summed E-state index contributed by atoms with van der Waals surface area (Å²) in [5.74, 6) is -0.429. The number of halogens is 5. The minimum absolute atomic E-state index is 0.0244. The highest BCUT2D eigenvalue weighted by Gasteiger charge is 2.34. The van der Waals surface area contributed by atoms with Crippen molar-refractivity contribution in [3.63, 3.8) is 0 Å². The van der Waals surface area contributed by atoms with Gasteiger partial charge in [-0.3, -0.25) is 9.97 Å². The molecule has 1 aliphatic carbocycles. The largest absolute Gasteiger partial charge is 0.485 e. The van der Waals surface area contributed by atoms with E-state index in [9.17, 15) is 13.2 Å². The Hall–Kier alpha value is -2.67. The van der Waals surface area contributed by atoms with Crippen LogP contribution in [0.3, 0.4) is 0 Å². The summed E-state index contributed by atoms with van der Waals surface area (Å²) >= 11 is 5.96. The van der Waals surface area contributed by atoms with Gasteiger partial charge < -0.3 is 4.74 Å². The fourth-order valence-electron chi connectivity index (χ4n) is 3.45. The number of hydrogen-bond donors (Lipinski definition) is 0. The Bertz CT molecular complexity index is 1050. The molecule has 0 amide bonds. The first-order chi connectivity index (χ1) is 14.4. The Morgan fingerprint density at radius 1 is 1.10 bits per heavy atom. The molecule has 0 spiro atoms. The molecular formula is C22H17ClF4N2O. The van der Waals surface area contributed by atoms with E-state index in [1.807, 2.05) is 0 Å². The molecule has 2 aromatic carbocycles. The number of ether oxygens (including phenoxy) is 1. The standard InChI is InChI=1S/C22H17ClF4N2O/c23-19-14(5-2-6-17(19)22(25,26)27)12-30-21-15(13-3-1-4-13)7-8-16(20(21)24)18-11-28-9-10-29-18/h2,5-11,13H,1,3-4,12H2. The van der Waals surface area contributed by atoms with Crippen molar-refractivity contribution in [2.45, 2.75) is 38.0 Å². The molecule has 1 saturated carbocycles. The first kappa shape index (κ1) is 20.6. The molecule has 0 N–H and O–H groups in total. The lowest BCUT2D eigenvalue weighted by Gasteiger charge is -2.28. The Morgan fingerprint density at radius 2 is 1.90 bits per heavy atom. The van der Waals surface area contributed by atoms with E-state index in [-0.39, 0.29) is 29.4 Å². The first-order valence-electron chi connectivity index (χ1n) is 9.42. The molecule has 3 nitrogen and oxygen atoms in total. The first-order valence-corrected chi connectivity index (χ1v) is 9.80. The number of rotatable bonds is 5. The van der Waals surface area contributed by atoms with Crippen LogP contribution in [0.1, 0.15) is 41.9 Å². The van der Waals surface area contributed by atoms with Crippen molar-refractivity contribution in [3.05, 3.63) is 76.5 Å². The van der Waals surface area contributed by atoms with Gasteiger partial charge in [0.1, 0.15) is 6.61 Å². The molecule has 30 heavy (non-hydrogen) atoms. The smallest absolute Gasteiger partial charge is 0.417 e. The van der Waals surface area contributed by atoms with Crippen LogP contribution in [0.4, 0.5) is 17.6 Å². The van der Waals surface area contributed by atoms with Crippen LogP contribution >= 0.6 is 11.6 Å². The van der Waals surface area contributed by atoms with Crippen LogP contribution in [0, 0.1) is 5.82 Å². The third-order valence-corrected chi connectivity index (χ3v) is 5.71. The highest BCUT2D eigenvalue weighted by Crippen LogP contribution is 2.44. The molecule has 1 heterocycles. The van der Waals surface area contributed by atoms with Crippen LogP contribution in [0.2, 0.25) is 5.02 Å². The number of nitrogens with zero attached hydrogens (tertiary/aromatic N) is 2. The van der Waals surface area contributed by atoms with E-state index >= 15 is 4.39 Å². The molecule has 0 radical (unpaired) electrons. The van der Waals surface area contributed by atoms with E-state index in [1.165, 1.54) is 30.7 Å². The van der Waals surface area contributed by atoms with Crippen LogP contribution < -0.4 is 4.74 Å². The summed E-state index contributed by atoms with van der Waals surface area (Å²) in [5, 5.41) is -0.444. The topological polar surface area (TPSA) is 35.0 Å². The van der Waals surface area contributed by atoms with Gasteiger partial charge in [-0.15, -0.1) is 0 Å². The van der Waals surface area contributed by atoms with E-state index in [0.29, 0.717) is 11.3 Å². The van der Waals surface area contributed by atoms with Crippen molar-refractivity contribution in [2.75, 3.05) is 0 Å². The zero-order valence-corrected chi connectivity index (χ0v) is 16.5. The van der Waals surface area contributed by atoms with Crippen LogP contribution in [0.15, 0.2) is 48.9 Å². The Morgan fingerprint density at radius 3 is 2.53 bits per heavy atom. The Labute approximate surface area is 175 Å². The Balaban J connectivity index is 1.70. The molecule has 3 aromatic rings. The average molecular weight is 437 g/mol. The molecule has 156 valence electrons. The maximum absolute atomic E-state index is 15.4. The van der Waals surface area contributed by atoms with Crippen LogP contribution in [-0.2, 0) is 12.8 Å². The normalized spacial score (nSPS) is 14.4. The third kappa shape index (κ3) is 3.99. The molecule has 8 heteroatoms. The molecule has 1 aliphatic rings. The van der Waals surface area contributed by atoms with Crippen molar-refractivity contribution in [1.82, 2.24) is 9.97 Å². The minimum Gasteiger partial charge on any atom is -0.485 e. The van der Waals surface area contributed by atoms with Crippen molar-refractivity contribution >= 4 is 11.6 Å². The monoisotopic (exact) mass is 436 g/mol. The van der Waals surface area contributed by atoms with Gasteiger partial charge in [-0.05, 0) is 30.9 Å². The summed E-state index contributed by atoms with van der Waals surface area (Å²) in [6.45, 7) is -0.288. The van der Waals surface area contributed by atoms with Gasteiger partial charge in [-0.2, -0.15) is 13.2 Å². The molecule has 1 aromatic heterocycles. The fraction of sp³-hybridized carbons (Fsp3) is 0.273. The summed E-state index contributed by atoms with van der Waals surface area (Å²) in [7, 11) is 0.